The Balaban J connectivity index is 2.14. The van der Waals surface area contributed by atoms with E-state index in [0.29, 0.717) is 12.1 Å². The van der Waals surface area contributed by atoms with E-state index in [1.807, 2.05) is 0 Å². The normalized spacial score (nSPS) is 19.4. The summed E-state index contributed by atoms with van der Waals surface area (Å²) < 4.78 is 130. The molecule has 0 radical (unpaired) electrons. The second kappa shape index (κ2) is 7.23. The predicted octanol–water partition coefficient (Wildman–Crippen LogP) is 2.25. The van der Waals surface area contributed by atoms with Crippen LogP contribution in [-0.4, -0.2) is 46.7 Å². The quantitative estimate of drug-likeness (QED) is 0.383. The van der Waals surface area contributed by atoms with E-state index in [0.717, 1.165) is 0 Å². The molecule has 1 fully saturated rings. The molecule has 1 heterocycles. The molecule has 1 spiro atoms. The third kappa shape index (κ3) is 4.07. The summed E-state index contributed by atoms with van der Waals surface area (Å²) in [6, 6.07) is 0.956. The zero-order chi connectivity index (χ0) is 23.5. The van der Waals surface area contributed by atoms with Crippen molar-refractivity contribution >= 4 is 26.0 Å². The van der Waals surface area contributed by atoms with Gasteiger partial charge in [-0.2, -0.15) is 43.2 Å². The molecule has 1 N–H and O–H groups in total. The van der Waals surface area contributed by atoms with Crippen LogP contribution in [0.15, 0.2) is 12.1 Å². The first-order valence-corrected chi connectivity index (χ1v) is 11.3. The lowest BCUT2D eigenvalue weighted by molar-refractivity contribution is -0.0506. The Morgan fingerprint density at radius 3 is 1.77 bits per heavy atom. The van der Waals surface area contributed by atoms with E-state index in [4.69, 9.17) is 0 Å². The summed E-state index contributed by atoms with van der Waals surface area (Å²) in [6.45, 7) is 0.571. The van der Waals surface area contributed by atoms with Crippen LogP contribution in [0.5, 0.6) is 11.5 Å². The Hall–Kier alpha value is -2.07. The van der Waals surface area contributed by atoms with Crippen molar-refractivity contribution in [2.24, 2.45) is 5.41 Å². The lowest BCUT2D eigenvalue weighted by atomic mass is 9.75. The molecule has 0 saturated carbocycles. The van der Waals surface area contributed by atoms with Crippen molar-refractivity contribution in [1.82, 2.24) is 5.32 Å². The minimum atomic E-state index is -6.21. The van der Waals surface area contributed by atoms with Gasteiger partial charge < -0.3 is 13.7 Å². The summed E-state index contributed by atoms with van der Waals surface area (Å²) in [5.41, 5.74) is -14.2. The fraction of sp³-hybridized carbons (Fsp3) is 0.533. The van der Waals surface area contributed by atoms with Crippen LogP contribution in [0.4, 0.5) is 26.3 Å². The van der Waals surface area contributed by atoms with E-state index < -0.39 is 65.1 Å². The van der Waals surface area contributed by atoms with Crippen molar-refractivity contribution in [1.29, 1.82) is 0 Å². The number of carbonyl (C=O) groups is 1. The number of ketones is 1. The summed E-state index contributed by atoms with van der Waals surface area (Å²) in [7, 11) is -12.4. The lowest BCUT2D eigenvalue weighted by Gasteiger charge is -2.32. The Morgan fingerprint density at radius 2 is 1.29 bits per heavy atom. The molecule has 0 bridgehead atoms. The number of rotatable bonds is 4. The van der Waals surface area contributed by atoms with Crippen LogP contribution in [0.1, 0.15) is 28.8 Å². The van der Waals surface area contributed by atoms with E-state index in [-0.39, 0.29) is 32.4 Å². The van der Waals surface area contributed by atoms with Gasteiger partial charge in [0.25, 0.3) is 0 Å². The van der Waals surface area contributed by atoms with Crippen LogP contribution < -0.4 is 13.7 Å². The summed E-state index contributed by atoms with van der Waals surface area (Å²) in [5.74, 6) is -2.90. The molecular weight excluding hydrogens is 484 g/mol. The van der Waals surface area contributed by atoms with Gasteiger partial charge in [-0.05, 0) is 44.5 Å². The average molecular weight is 497 g/mol. The van der Waals surface area contributed by atoms with Gasteiger partial charge in [0, 0.05) is 11.0 Å². The first-order valence-electron chi connectivity index (χ1n) is 8.44. The standard InChI is InChI=1S/C15H13F6NO7S2/c16-14(17,18)30(24,25)28-9-1-2-10(29-31(26,27)15(19,20)21)11-8(9)7-13(12(11)23)3-5-22-6-4-13/h1-2,22H,3-7H2. The molecule has 0 atom stereocenters. The Bertz CT molecular complexity index is 1120. The SMILES string of the molecule is O=C1c2c(OS(=O)(=O)C(F)(F)F)ccc(OS(=O)(=O)C(F)(F)F)c2CC12CCNCC2. The number of halogens is 6. The number of nitrogens with one attached hydrogen (secondary N) is 1. The molecule has 2 aliphatic rings. The molecule has 174 valence electrons. The highest BCUT2D eigenvalue weighted by Crippen LogP contribution is 2.50. The second-order valence-electron chi connectivity index (χ2n) is 6.92. The third-order valence-corrected chi connectivity index (χ3v) is 6.91. The molecule has 1 aromatic carbocycles. The average Bonchev–Trinajstić information content (AvgIpc) is 2.89. The lowest BCUT2D eigenvalue weighted by Crippen LogP contribution is -2.40. The molecule has 1 aliphatic heterocycles. The number of alkyl halides is 6. The van der Waals surface area contributed by atoms with Crippen molar-refractivity contribution in [3.8, 4) is 11.5 Å². The van der Waals surface area contributed by atoms with Gasteiger partial charge in [0.1, 0.15) is 5.75 Å². The van der Waals surface area contributed by atoms with Gasteiger partial charge in [0.05, 0.1) is 5.56 Å². The van der Waals surface area contributed by atoms with E-state index in [1.165, 1.54) is 0 Å². The Morgan fingerprint density at radius 1 is 0.839 bits per heavy atom. The van der Waals surface area contributed by atoms with Gasteiger partial charge in [-0.15, -0.1) is 0 Å². The largest absolute Gasteiger partial charge is 0.534 e. The number of carbonyl (C=O) groups excluding carboxylic acids is 1. The molecule has 1 aliphatic carbocycles. The van der Waals surface area contributed by atoms with Crippen molar-refractivity contribution in [3.05, 3.63) is 23.3 Å². The maximum Gasteiger partial charge on any atom is 0.534 e. The smallest absolute Gasteiger partial charge is 0.376 e. The van der Waals surface area contributed by atoms with Crippen LogP contribution >= 0.6 is 0 Å². The molecule has 1 aromatic rings. The first-order chi connectivity index (χ1) is 14.0. The highest BCUT2D eigenvalue weighted by atomic mass is 32.2. The fourth-order valence-electron chi connectivity index (χ4n) is 3.50. The molecule has 16 heteroatoms. The minimum absolute atomic E-state index is 0.122. The van der Waals surface area contributed by atoms with Crippen LogP contribution in [0.3, 0.4) is 0 Å². The highest BCUT2D eigenvalue weighted by Gasteiger charge is 2.54. The number of Topliss-reactive ketones (excluding diaryl/α,β-unsaturated/α-hetero) is 1. The topological polar surface area (TPSA) is 116 Å². The van der Waals surface area contributed by atoms with E-state index >= 15 is 0 Å². The predicted molar refractivity (Wildman–Crippen MR) is 90.2 cm³/mol. The van der Waals surface area contributed by atoms with Crippen LogP contribution in [0.2, 0.25) is 0 Å². The van der Waals surface area contributed by atoms with Crippen LogP contribution in [-0.2, 0) is 26.7 Å². The van der Waals surface area contributed by atoms with Gasteiger partial charge in [0.15, 0.2) is 11.5 Å². The number of benzene rings is 1. The maximum atomic E-state index is 13.0. The summed E-state index contributed by atoms with van der Waals surface area (Å²) >= 11 is 0. The minimum Gasteiger partial charge on any atom is -0.376 e. The summed E-state index contributed by atoms with van der Waals surface area (Å²) in [4.78, 5) is 13.0. The first kappa shape index (κ1) is 23.6. The molecule has 1 saturated heterocycles. The number of hydrogen-bond acceptors (Lipinski definition) is 8. The monoisotopic (exact) mass is 497 g/mol. The van der Waals surface area contributed by atoms with Crippen LogP contribution in [0, 0.1) is 5.41 Å². The van der Waals surface area contributed by atoms with Crippen molar-refractivity contribution < 1.29 is 56.3 Å². The molecular formula is C15H13F6NO7S2. The van der Waals surface area contributed by atoms with Crippen LogP contribution in [0.25, 0.3) is 0 Å². The molecule has 0 unspecified atom stereocenters. The molecule has 31 heavy (non-hydrogen) atoms. The van der Waals surface area contributed by atoms with Gasteiger partial charge >= 0.3 is 31.3 Å². The van der Waals surface area contributed by atoms with E-state index in [1.54, 1.807) is 0 Å². The zero-order valence-corrected chi connectivity index (χ0v) is 16.8. The molecule has 0 amide bonds. The fourth-order valence-corrected chi connectivity index (χ4v) is 4.46. The number of fused-ring (bicyclic) bond motifs is 1. The van der Waals surface area contributed by atoms with Crippen molar-refractivity contribution in [3.63, 3.8) is 0 Å². The van der Waals surface area contributed by atoms with E-state index in [9.17, 15) is 48.0 Å². The summed E-state index contributed by atoms with van der Waals surface area (Å²) in [6.07, 6.45) is -0.121. The Labute approximate surface area is 171 Å². The second-order valence-corrected chi connectivity index (χ2v) is 9.99. The van der Waals surface area contributed by atoms with Gasteiger partial charge in [-0.1, -0.05) is 0 Å². The van der Waals surface area contributed by atoms with Crippen molar-refractivity contribution in [2.75, 3.05) is 13.1 Å². The van der Waals surface area contributed by atoms with Gasteiger partial charge in [-0.25, -0.2) is 0 Å². The molecule has 3 rings (SSSR count). The zero-order valence-electron chi connectivity index (χ0n) is 15.1. The Kier molecular flexibility index (Phi) is 5.50. The van der Waals surface area contributed by atoms with Gasteiger partial charge in [-0.3, -0.25) is 4.79 Å². The van der Waals surface area contributed by atoms with Crippen molar-refractivity contribution in [2.45, 2.75) is 30.3 Å². The van der Waals surface area contributed by atoms with Gasteiger partial charge in [0.2, 0.25) is 0 Å². The number of piperidine rings is 1. The van der Waals surface area contributed by atoms with E-state index in [2.05, 4.69) is 13.7 Å². The number of hydrogen-bond donors (Lipinski definition) is 1. The molecule has 8 nitrogen and oxygen atoms in total. The maximum absolute atomic E-state index is 13.0. The third-order valence-electron chi connectivity index (χ3n) is 4.98. The summed E-state index contributed by atoms with van der Waals surface area (Å²) in [5, 5.41) is 2.92. The molecule has 0 aromatic heterocycles. The highest BCUT2D eigenvalue weighted by molar-refractivity contribution is 7.88.